The second-order valence-corrected chi connectivity index (χ2v) is 7.47. The Hall–Kier alpha value is -2.99. The van der Waals surface area contributed by atoms with Crippen molar-refractivity contribution >= 4 is 33.8 Å². The van der Waals surface area contributed by atoms with Crippen LogP contribution in [0.5, 0.6) is 0 Å². The first-order valence-electron chi connectivity index (χ1n) is 8.39. The summed E-state index contributed by atoms with van der Waals surface area (Å²) in [6, 6.07) is 13.0. The summed E-state index contributed by atoms with van der Waals surface area (Å²) in [4.78, 5) is 25.4. The molecule has 0 bridgehead atoms. The number of carbonyl (C=O) groups is 2. The monoisotopic (exact) mass is 382 g/mol. The van der Waals surface area contributed by atoms with Crippen LogP contribution in [0.3, 0.4) is 0 Å². The minimum Gasteiger partial charge on any atom is -0.321 e. The van der Waals surface area contributed by atoms with Gasteiger partial charge in [-0.3, -0.25) is 9.59 Å². The van der Waals surface area contributed by atoms with Crippen LogP contribution in [0.1, 0.15) is 36.7 Å². The lowest BCUT2D eigenvalue weighted by atomic mass is 10.1. The number of halogens is 1. The highest BCUT2D eigenvalue weighted by Gasteiger charge is 2.16. The molecule has 6 heteroatoms. The smallest absolute Gasteiger partial charge is 0.266 e. The van der Waals surface area contributed by atoms with Gasteiger partial charge in [0.15, 0.2) is 0 Å². The Bertz CT molecular complexity index is 1010. The van der Waals surface area contributed by atoms with E-state index in [1.165, 1.54) is 35.6 Å². The van der Waals surface area contributed by atoms with E-state index in [2.05, 4.69) is 10.6 Å². The number of hydrogen-bond acceptors (Lipinski definition) is 3. The SMILES string of the molecule is Cc1cc(C)cc(NC(=O)c2sc(NC(=O)c3cccc(F)c3)cc2C)c1. The van der Waals surface area contributed by atoms with Crippen molar-refractivity contribution in [2.45, 2.75) is 20.8 Å². The summed E-state index contributed by atoms with van der Waals surface area (Å²) in [6.45, 7) is 5.75. The average molecular weight is 382 g/mol. The number of anilines is 2. The van der Waals surface area contributed by atoms with Crippen molar-refractivity contribution in [3.8, 4) is 0 Å². The zero-order chi connectivity index (χ0) is 19.6. The van der Waals surface area contributed by atoms with Crippen LogP contribution in [0, 0.1) is 26.6 Å². The van der Waals surface area contributed by atoms with E-state index >= 15 is 0 Å². The summed E-state index contributed by atoms with van der Waals surface area (Å²) in [6.07, 6.45) is 0. The molecule has 0 spiro atoms. The molecule has 138 valence electrons. The van der Waals surface area contributed by atoms with Crippen LogP contribution < -0.4 is 10.6 Å². The molecule has 1 heterocycles. The molecule has 0 saturated heterocycles. The molecule has 0 radical (unpaired) electrons. The Labute approximate surface area is 161 Å². The summed E-state index contributed by atoms with van der Waals surface area (Å²) in [5.41, 5.74) is 3.85. The predicted octanol–water partition coefficient (Wildman–Crippen LogP) is 5.32. The number of aryl methyl sites for hydroxylation is 3. The minimum absolute atomic E-state index is 0.224. The van der Waals surface area contributed by atoms with Crippen molar-refractivity contribution in [1.82, 2.24) is 0 Å². The Morgan fingerprint density at radius 3 is 2.26 bits per heavy atom. The average Bonchev–Trinajstić information content (AvgIpc) is 2.94. The van der Waals surface area contributed by atoms with E-state index in [-0.39, 0.29) is 11.5 Å². The predicted molar refractivity (Wildman–Crippen MR) is 107 cm³/mol. The van der Waals surface area contributed by atoms with Gasteiger partial charge in [-0.1, -0.05) is 12.1 Å². The molecule has 0 aliphatic heterocycles. The van der Waals surface area contributed by atoms with E-state index in [0.29, 0.717) is 9.88 Å². The summed E-state index contributed by atoms with van der Waals surface area (Å²) < 4.78 is 13.3. The molecule has 3 aromatic rings. The molecule has 0 atom stereocenters. The van der Waals surface area contributed by atoms with Gasteiger partial charge in [-0.25, -0.2) is 4.39 Å². The standard InChI is InChI=1S/C21H19FN2O2S/c1-12-7-13(2)9-17(8-12)23-21(26)19-14(3)10-18(27-19)24-20(25)15-5-4-6-16(22)11-15/h4-11H,1-3H3,(H,23,26)(H,24,25). The van der Waals surface area contributed by atoms with E-state index in [0.717, 1.165) is 22.4 Å². The summed E-state index contributed by atoms with van der Waals surface area (Å²) in [5.74, 6) is -1.12. The summed E-state index contributed by atoms with van der Waals surface area (Å²) >= 11 is 1.18. The van der Waals surface area contributed by atoms with Gasteiger partial charge in [-0.15, -0.1) is 11.3 Å². The lowest BCUT2D eigenvalue weighted by Gasteiger charge is -2.07. The first-order valence-corrected chi connectivity index (χ1v) is 9.20. The third kappa shape index (κ3) is 4.60. The van der Waals surface area contributed by atoms with Gasteiger partial charge in [0.05, 0.1) is 9.88 Å². The first-order chi connectivity index (χ1) is 12.8. The maximum Gasteiger partial charge on any atom is 0.266 e. The number of amides is 2. The molecule has 2 amide bonds. The van der Waals surface area contributed by atoms with Crippen molar-refractivity contribution < 1.29 is 14.0 Å². The fraction of sp³-hybridized carbons (Fsp3) is 0.143. The molecular formula is C21H19FN2O2S. The van der Waals surface area contributed by atoms with Gasteiger partial charge >= 0.3 is 0 Å². The van der Waals surface area contributed by atoms with E-state index < -0.39 is 11.7 Å². The van der Waals surface area contributed by atoms with Crippen molar-refractivity contribution in [2.75, 3.05) is 10.6 Å². The number of nitrogens with one attached hydrogen (secondary N) is 2. The molecule has 0 unspecified atom stereocenters. The third-order valence-corrected chi connectivity index (χ3v) is 5.08. The van der Waals surface area contributed by atoms with Crippen LogP contribution in [0.15, 0.2) is 48.5 Å². The number of thiophene rings is 1. The molecule has 2 N–H and O–H groups in total. The van der Waals surface area contributed by atoms with Crippen LogP contribution >= 0.6 is 11.3 Å². The van der Waals surface area contributed by atoms with Crippen LogP contribution in [-0.2, 0) is 0 Å². The van der Waals surface area contributed by atoms with Gasteiger partial charge in [0.25, 0.3) is 11.8 Å². The summed E-state index contributed by atoms with van der Waals surface area (Å²) in [7, 11) is 0. The third-order valence-electron chi connectivity index (χ3n) is 3.93. The highest BCUT2D eigenvalue weighted by molar-refractivity contribution is 7.18. The van der Waals surface area contributed by atoms with Gasteiger partial charge in [0.2, 0.25) is 0 Å². The molecule has 4 nitrogen and oxygen atoms in total. The fourth-order valence-electron chi connectivity index (χ4n) is 2.82. The molecule has 3 rings (SSSR count). The number of hydrogen-bond donors (Lipinski definition) is 2. The lowest BCUT2D eigenvalue weighted by Crippen LogP contribution is -2.12. The molecule has 27 heavy (non-hydrogen) atoms. The Balaban J connectivity index is 1.75. The first kappa shape index (κ1) is 18.8. The minimum atomic E-state index is -0.474. The number of benzene rings is 2. The van der Waals surface area contributed by atoms with E-state index in [4.69, 9.17) is 0 Å². The van der Waals surface area contributed by atoms with E-state index in [1.54, 1.807) is 6.07 Å². The van der Waals surface area contributed by atoms with Crippen LogP contribution in [-0.4, -0.2) is 11.8 Å². The van der Waals surface area contributed by atoms with Crippen LogP contribution in [0.4, 0.5) is 15.1 Å². The summed E-state index contributed by atoms with van der Waals surface area (Å²) in [5, 5.41) is 6.15. The molecule has 2 aromatic carbocycles. The van der Waals surface area contributed by atoms with Gasteiger partial charge in [0, 0.05) is 11.3 Å². The Morgan fingerprint density at radius 1 is 0.889 bits per heavy atom. The van der Waals surface area contributed by atoms with Gasteiger partial charge in [-0.2, -0.15) is 0 Å². The van der Waals surface area contributed by atoms with Crippen LogP contribution in [0.25, 0.3) is 0 Å². The molecule has 0 aliphatic carbocycles. The maximum atomic E-state index is 13.3. The molecule has 1 aromatic heterocycles. The normalized spacial score (nSPS) is 10.5. The lowest BCUT2D eigenvalue weighted by molar-refractivity contribution is 0.101. The zero-order valence-corrected chi connectivity index (χ0v) is 16.0. The second-order valence-electron chi connectivity index (χ2n) is 6.42. The van der Waals surface area contributed by atoms with E-state index in [9.17, 15) is 14.0 Å². The number of carbonyl (C=O) groups excluding carboxylic acids is 2. The maximum absolute atomic E-state index is 13.3. The van der Waals surface area contributed by atoms with E-state index in [1.807, 2.05) is 39.0 Å². The largest absolute Gasteiger partial charge is 0.321 e. The second kappa shape index (κ2) is 7.72. The Morgan fingerprint density at radius 2 is 1.59 bits per heavy atom. The quantitative estimate of drug-likeness (QED) is 0.642. The highest BCUT2D eigenvalue weighted by atomic mass is 32.1. The Kier molecular flexibility index (Phi) is 5.37. The number of rotatable bonds is 4. The zero-order valence-electron chi connectivity index (χ0n) is 15.2. The highest BCUT2D eigenvalue weighted by Crippen LogP contribution is 2.28. The molecule has 0 fully saturated rings. The van der Waals surface area contributed by atoms with Crippen molar-refractivity contribution in [3.63, 3.8) is 0 Å². The van der Waals surface area contributed by atoms with Crippen LogP contribution in [0.2, 0.25) is 0 Å². The van der Waals surface area contributed by atoms with Crippen molar-refractivity contribution in [3.05, 3.63) is 81.5 Å². The molecular weight excluding hydrogens is 363 g/mol. The fourth-order valence-corrected chi connectivity index (χ4v) is 3.78. The van der Waals surface area contributed by atoms with Gasteiger partial charge in [0.1, 0.15) is 5.82 Å². The van der Waals surface area contributed by atoms with Gasteiger partial charge < -0.3 is 10.6 Å². The topological polar surface area (TPSA) is 58.2 Å². The molecule has 0 saturated carbocycles. The molecule has 0 aliphatic rings. The van der Waals surface area contributed by atoms with Crippen molar-refractivity contribution in [1.29, 1.82) is 0 Å². The van der Waals surface area contributed by atoms with Crippen molar-refractivity contribution in [2.24, 2.45) is 0 Å². The van der Waals surface area contributed by atoms with Gasteiger partial charge in [-0.05, 0) is 73.9 Å².